The van der Waals surface area contributed by atoms with Gasteiger partial charge in [-0.05, 0) is 42.9 Å². The molecule has 15 heavy (non-hydrogen) atoms. The molecule has 0 heterocycles. The first-order valence-corrected chi connectivity index (χ1v) is 9.36. The van der Waals surface area contributed by atoms with Crippen molar-refractivity contribution in [3.8, 4) is 0 Å². The lowest BCUT2D eigenvalue weighted by Gasteiger charge is -2.37. The minimum atomic E-state index is 0.368. The SMILES string of the molecule is PCP(C1CCCCC1)C1CCCCC1. The molecule has 0 N–H and O–H groups in total. The summed E-state index contributed by atoms with van der Waals surface area (Å²) < 4.78 is 0. The van der Waals surface area contributed by atoms with Gasteiger partial charge in [-0.15, -0.1) is 9.24 Å². The maximum absolute atomic E-state index is 3.07. The highest BCUT2D eigenvalue weighted by Crippen LogP contribution is 2.56. The fourth-order valence-electron chi connectivity index (χ4n) is 3.42. The molecule has 0 amide bonds. The van der Waals surface area contributed by atoms with E-state index in [0.29, 0.717) is 7.92 Å². The molecule has 0 aromatic rings. The summed E-state index contributed by atoms with van der Waals surface area (Å²) in [6.07, 6.45) is 15.4. The molecule has 0 saturated heterocycles. The van der Waals surface area contributed by atoms with Crippen LogP contribution in [-0.4, -0.2) is 17.2 Å². The van der Waals surface area contributed by atoms with Gasteiger partial charge < -0.3 is 0 Å². The van der Waals surface area contributed by atoms with Crippen molar-refractivity contribution in [3.63, 3.8) is 0 Å². The first kappa shape index (κ1) is 12.3. The normalized spacial score (nSPS) is 26.0. The van der Waals surface area contributed by atoms with Crippen LogP contribution in [0.4, 0.5) is 0 Å². The molecule has 0 bridgehead atoms. The third-order valence-electron chi connectivity index (χ3n) is 4.30. The van der Waals surface area contributed by atoms with Crippen LogP contribution >= 0.6 is 17.2 Å². The molecule has 2 saturated carbocycles. The summed E-state index contributed by atoms with van der Waals surface area (Å²) in [6, 6.07) is 0. The molecule has 0 spiro atoms. The van der Waals surface area contributed by atoms with E-state index in [2.05, 4.69) is 9.24 Å². The van der Waals surface area contributed by atoms with Crippen molar-refractivity contribution in [2.45, 2.75) is 75.5 Å². The molecule has 0 aliphatic heterocycles. The largest absolute Gasteiger partial charge is 0.133 e. The molecule has 0 nitrogen and oxygen atoms in total. The molecule has 2 aliphatic rings. The summed E-state index contributed by atoms with van der Waals surface area (Å²) in [7, 11) is 3.43. The van der Waals surface area contributed by atoms with E-state index in [1.165, 1.54) is 44.4 Å². The highest BCUT2D eigenvalue weighted by atomic mass is 31.2. The van der Waals surface area contributed by atoms with E-state index in [4.69, 9.17) is 0 Å². The number of hydrogen-bond donors (Lipinski definition) is 0. The van der Waals surface area contributed by atoms with Gasteiger partial charge in [-0.2, -0.15) is 0 Å². The van der Waals surface area contributed by atoms with Crippen LogP contribution < -0.4 is 0 Å². The van der Waals surface area contributed by atoms with E-state index < -0.39 is 0 Å². The first-order chi connectivity index (χ1) is 7.42. The number of hydrogen-bond acceptors (Lipinski definition) is 0. The zero-order chi connectivity index (χ0) is 10.5. The van der Waals surface area contributed by atoms with Crippen LogP contribution in [0.15, 0.2) is 0 Å². The van der Waals surface area contributed by atoms with E-state index in [1.807, 2.05) is 0 Å². The minimum absolute atomic E-state index is 0.368. The van der Waals surface area contributed by atoms with Crippen molar-refractivity contribution in [2.75, 3.05) is 5.90 Å². The summed E-state index contributed by atoms with van der Waals surface area (Å²) in [6.45, 7) is 0. The monoisotopic (exact) mass is 244 g/mol. The van der Waals surface area contributed by atoms with Crippen LogP contribution in [-0.2, 0) is 0 Å². The fraction of sp³-hybridized carbons (Fsp3) is 1.00. The summed E-state index contributed by atoms with van der Waals surface area (Å²) in [5.41, 5.74) is 2.30. The Morgan fingerprint density at radius 1 is 0.733 bits per heavy atom. The summed E-state index contributed by atoms with van der Waals surface area (Å²) in [4.78, 5) is 0. The van der Waals surface area contributed by atoms with Gasteiger partial charge in [-0.25, -0.2) is 0 Å². The van der Waals surface area contributed by atoms with E-state index in [-0.39, 0.29) is 0 Å². The summed E-state index contributed by atoms with van der Waals surface area (Å²) in [5, 5.41) is 0. The Labute approximate surface area is 98.9 Å². The van der Waals surface area contributed by atoms with E-state index in [1.54, 1.807) is 25.7 Å². The molecule has 1 unspecified atom stereocenters. The third-order valence-corrected chi connectivity index (χ3v) is 8.89. The van der Waals surface area contributed by atoms with Crippen molar-refractivity contribution >= 4 is 17.2 Å². The molecular weight excluding hydrogens is 218 g/mol. The Kier molecular flexibility index (Phi) is 5.39. The average molecular weight is 244 g/mol. The van der Waals surface area contributed by atoms with Gasteiger partial charge in [0.2, 0.25) is 0 Å². The van der Waals surface area contributed by atoms with Crippen molar-refractivity contribution in [1.29, 1.82) is 0 Å². The Morgan fingerprint density at radius 2 is 1.13 bits per heavy atom. The number of rotatable bonds is 3. The zero-order valence-corrected chi connectivity index (χ0v) is 12.0. The second-order valence-electron chi connectivity index (χ2n) is 5.28. The smallest absolute Gasteiger partial charge is 0.0171 e. The molecule has 0 aromatic carbocycles. The quantitative estimate of drug-likeness (QED) is 0.615. The van der Waals surface area contributed by atoms with Gasteiger partial charge in [0.1, 0.15) is 0 Å². The molecule has 0 radical (unpaired) electrons. The van der Waals surface area contributed by atoms with Gasteiger partial charge >= 0.3 is 0 Å². The average Bonchev–Trinajstić information content (AvgIpc) is 2.33. The molecule has 0 aromatic heterocycles. The molecular formula is C13H26P2. The van der Waals surface area contributed by atoms with Crippen molar-refractivity contribution in [3.05, 3.63) is 0 Å². The lowest BCUT2D eigenvalue weighted by molar-refractivity contribution is 0.485. The Balaban J connectivity index is 1.88. The second kappa shape index (κ2) is 6.56. The zero-order valence-electron chi connectivity index (χ0n) is 9.96. The minimum Gasteiger partial charge on any atom is -0.133 e. The van der Waals surface area contributed by atoms with Gasteiger partial charge in [0.15, 0.2) is 0 Å². The predicted molar refractivity (Wildman–Crippen MR) is 75.2 cm³/mol. The maximum Gasteiger partial charge on any atom is -0.0171 e. The fourth-order valence-corrected chi connectivity index (χ4v) is 8.46. The van der Waals surface area contributed by atoms with E-state index in [9.17, 15) is 0 Å². The van der Waals surface area contributed by atoms with Crippen molar-refractivity contribution in [2.24, 2.45) is 0 Å². The van der Waals surface area contributed by atoms with Gasteiger partial charge in [0.25, 0.3) is 0 Å². The highest BCUT2D eigenvalue weighted by Gasteiger charge is 2.29. The Bertz CT molecular complexity index is 151. The highest BCUT2D eigenvalue weighted by molar-refractivity contribution is 7.65. The van der Waals surface area contributed by atoms with E-state index in [0.717, 1.165) is 11.3 Å². The molecule has 2 aliphatic carbocycles. The molecule has 1 atom stereocenters. The maximum atomic E-state index is 3.07. The van der Waals surface area contributed by atoms with Crippen molar-refractivity contribution in [1.82, 2.24) is 0 Å². The van der Waals surface area contributed by atoms with Crippen LogP contribution in [0, 0.1) is 0 Å². The molecule has 2 heteroatoms. The van der Waals surface area contributed by atoms with E-state index >= 15 is 0 Å². The lowest BCUT2D eigenvalue weighted by Crippen LogP contribution is -2.20. The lowest BCUT2D eigenvalue weighted by atomic mass is 9.99. The van der Waals surface area contributed by atoms with Crippen molar-refractivity contribution < 1.29 is 0 Å². The standard InChI is InChI=1S/C13H26P2/c14-11-15(12-7-3-1-4-8-12)13-9-5-2-6-10-13/h12-13H,1-11,14H2. The van der Waals surface area contributed by atoms with Gasteiger partial charge in [-0.3, -0.25) is 0 Å². The molecule has 88 valence electrons. The van der Waals surface area contributed by atoms with Crippen LogP contribution in [0.2, 0.25) is 0 Å². The summed E-state index contributed by atoms with van der Waals surface area (Å²) in [5.74, 6) is 1.44. The topological polar surface area (TPSA) is 0 Å². The molecule has 2 fully saturated rings. The predicted octanol–water partition coefficient (Wildman–Crippen LogP) is 4.97. The Morgan fingerprint density at radius 3 is 1.47 bits per heavy atom. The van der Waals surface area contributed by atoms with Crippen LogP contribution in [0.5, 0.6) is 0 Å². The van der Waals surface area contributed by atoms with Gasteiger partial charge in [-0.1, -0.05) is 46.4 Å². The van der Waals surface area contributed by atoms with Crippen LogP contribution in [0.3, 0.4) is 0 Å². The second-order valence-corrected chi connectivity index (χ2v) is 9.23. The molecule has 2 rings (SSSR count). The first-order valence-electron chi connectivity index (χ1n) is 6.87. The van der Waals surface area contributed by atoms with Gasteiger partial charge in [0, 0.05) is 0 Å². The Hall–Kier alpha value is 0.860. The summed E-state index contributed by atoms with van der Waals surface area (Å²) >= 11 is 0. The third kappa shape index (κ3) is 3.41. The van der Waals surface area contributed by atoms with Crippen LogP contribution in [0.1, 0.15) is 64.2 Å². The van der Waals surface area contributed by atoms with Gasteiger partial charge in [0.05, 0.1) is 0 Å². The van der Waals surface area contributed by atoms with Crippen LogP contribution in [0.25, 0.3) is 0 Å².